The Morgan fingerprint density at radius 1 is 0.685 bits per heavy atom. The number of alkyl halides is 3. The summed E-state index contributed by atoms with van der Waals surface area (Å²) >= 11 is 2.02. The van der Waals surface area contributed by atoms with Crippen LogP contribution in [0.2, 0.25) is 0 Å². The Morgan fingerprint density at radius 3 is 1.94 bits per heavy atom. The van der Waals surface area contributed by atoms with Crippen LogP contribution in [0, 0.1) is 46.8 Å². The molecule has 5 unspecified atom stereocenters. The lowest BCUT2D eigenvalue weighted by atomic mass is 9.58. The van der Waals surface area contributed by atoms with Crippen molar-refractivity contribution in [3.05, 3.63) is 12.2 Å². The quantitative estimate of drug-likeness (QED) is 0.156. The fourth-order valence-corrected chi connectivity index (χ4v) is 20.8. The lowest BCUT2D eigenvalue weighted by Crippen LogP contribution is -2.71. The van der Waals surface area contributed by atoms with Crippen molar-refractivity contribution in [2.24, 2.45) is 46.8 Å². The number of halogens is 3. The maximum Gasteiger partial charge on any atom is 0.391 e. The second kappa shape index (κ2) is 37.2. The third-order valence-electron chi connectivity index (χ3n) is 25.6. The van der Waals surface area contributed by atoms with Gasteiger partial charge in [-0.2, -0.15) is 24.9 Å². The highest BCUT2D eigenvalue weighted by molar-refractivity contribution is 8.00. The molecule has 12 amide bonds. The molecule has 0 aromatic rings. The molecule has 0 radical (unpaired) electrons. The van der Waals surface area contributed by atoms with E-state index in [4.69, 9.17) is 4.74 Å². The number of fused-ring (bicyclic) bond motifs is 4. The molecule has 4 aliphatic carbocycles. The number of ether oxygens (including phenoxy) is 1. The van der Waals surface area contributed by atoms with Gasteiger partial charge in [-0.3, -0.25) is 57.5 Å². The van der Waals surface area contributed by atoms with E-state index in [2.05, 4.69) is 29.8 Å². The Bertz CT molecular complexity index is 3270. The van der Waals surface area contributed by atoms with Gasteiger partial charge in [-0.1, -0.05) is 86.3 Å². The van der Waals surface area contributed by atoms with Crippen LogP contribution in [0.5, 0.6) is 0 Å². The molecule has 0 aromatic carbocycles. The fraction of sp³-hybridized carbons (Fsp3) is 0.823. The smallest absolute Gasteiger partial charge is 0.377 e. The van der Waals surface area contributed by atoms with Crippen molar-refractivity contribution in [1.82, 2.24) is 60.0 Å². The molecular weight excluding hydrogens is 1410 g/mol. The number of carbonyl (C=O) groups excluding carboxylic acids is 12. The molecule has 3 N–H and O–H groups in total. The molecule has 4 saturated carbocycles. The lowest BCUT2D eigenvalue weighted by Gasteiger charge is -2.54. The van der Waals surface area contributed by atoms with E-state index in [1.807, 2.05) is 39.5 Å². The summed E-state index contributed by atoms with van der Waals surface area (Å²) in [4.78, 5) is 194. The number of rotatable bonds is 13. The van der Waals surface area contributed by atoms with E-state index in [0.717, 1.165) is 41.9 Å². The van der Waals surface area contributed by atoms with Gasteiger partial charge in [-0.15, -0.1) is 0 Å². The number of amides is 12. The van der Waals surface area contributed by atoms with Crippen molar-refractivity contribution in [3.63, 3.8) is 0 Å². The predicted molar refractivity (Wildman–Crippen MR) is 404 cm³/mol. The molecule has 4 aliphatic heterocycles. The van der Waals surface area contributed by atoms with E-state index < -0.39 is 186 Å². The summed E-state index contributed by atoms with van der Waals surface area (Å²) in [5.41, 5.74) is -2.09. The molecule has 108 heavy (non-hydrogen) atoms. The first-order chi connectivity index (χ1) is 50.8. The maximum absolute atomic E-state index is 15.9. The minimum atomic E-state index is -4.43. The van der Waals surface area contributed by atoms with Crippen molar-refractivity contribution >= 4 is 82.6 Å². The molecule has 15 atom stereocenters. The first kappa shape index (κ1) is 87.1. The zero-order valence-electron chi connectivity index (χ0n) is 67.2. The summed E-state index contributed by atoms with van der Waals surface area (Å²) in [5, 5.41) is 10.0. The maximum atomic E-state index is 15.9. The lowest BCUT2D eigenvalue weighted by molar-refractivity contribution is -0.184. The second-order valence-electron chi connectivity index (χ2n) is 34.1. The van der Waals surface area contributed by atoms with Gasteiger partial charge < -0.3 is 64.8 Å². The monoisotopic (exact) mass is 1540 g/mol. The minimum absolute atomic E-state index is 0.0205. The summed E-state index contributed by atoms with van der Waals surface area (Å²) in [5.74, 6) is -9.60. The number of hydrogen-bond acceptors (Lipinski definition) is 14. The van der Waals surface area contributed by atoms with E-state index in [-0.39, 0.29) is 103 Å². The SMILES string of the molecule is CCC[C@H]1C(=O)N[C@@H]([C@@H](C)CC)C(=O)N(C)CC(=O)N(C)[C@H]2C/C=C\CCN(C2=O)[C@@H](CC2CCC(C(F)(F)F)CC2)C(=O)N(C)CC(=O)N[C@@H](CCC2CCC3SC(C)C(C)C3C2)C(=O)N2C[C@H](OCC)C[C@H]2C(=O)NC2(CC(C)(C)C2)C(=O)N(C)[C@@H](C2CCCC2)C(=O)N(C)[C@H](C(=O)N(C)C)CC(=O)N1C. The molecule has 0 aromatic heterocycles. The van der Waals surface area contributed by atoms with Crippen molar-refractivity contribution in [3.8, 4) is 0 Å². The van der Waals surface area contributed by atoms with Gasteiger partial charge in [0.25, 0.3) is 0 Å². The standard InChI is InChI=1S/C79H127F3N12O13S/c1-17-25-57-68(98)84-66(47(4)18-2)74(104)88(12)44-65(97)90(14)58-28-21-20-24-37-93(73(58)103)61(39-51-29-33-53(34-30-51)79(80,81)82)72(102)87(11)43-63(95)83-56(35-31-50-32-36-62-55(38-50)48(5)49(6)108-62)70(100)94-42-54(107-19-3)40-59(94)69(99)85-78(45-77(7,8)46-78)76(106)92(16)67(52-26-22-23-27-52)75(105)91(15)60(71(101)86(9)10)41-64(96)89(57)13/h20-21,47-62,66-67H,17-19,22-46H2,1-16H3,(H,83,95)(H,84,98)(H,85,99)/b21-20-/t47-,48?,49?,50?,51?,53?,54+,55?,56-,57-,58-,59-,60-,61-,62?,66-,67-/m0/s1. The van der Waals surface area contributed by atoms with Crippen molar-refractivity contribution in [2.75, 3.05) is 89.2 Å². The summed E-state index contributed by atoms with van der Waals surface area (Å²) in [6.07, 6.45) is 5.22. The first-order valence-electron chi connectivity index (χ1n) is 40.1. The summed E-state index contributed by atoms with van der Waals surface area (Å²) in [6, 6.07) is -10.1. The molecule has 1 spiro atoms. The molecule has 2 bridgehead atoms. The van der Waals surface area contributed by atoms with Crippen molar-refractivity contribution in [2.45, 2.75) is 280 Å². The normalized spacial score (nSPS) is 33.5. The molecule has 8 aliphatic rings. The molecule has 608 valence electrons. The third-order valence-corrected chi connectivity index (χ3v) is 27.4. The van der Waals surface area contributed by atoms with Crippen LogP contribution in [0.25, 0.3) is 0 Å². The Hall–Kier alpha value is -6.52. The van der Waals surface area contributed by atoms with Gasteiger partial charge in [-0.05, 0) is 157 Å². The van der Waals surface area contributed by atoms with Crippen LogP contribution >= 0.6 is 11.8 Å². The topological polar surface area (TPSA) is 279 Å². The molecule has 4 heterocycles. The highest BCUT2D eigenvalue weighted by Crippen LogP contribution is 2.53. The van der Waals surface area contributed by atoms with E-state index in [1.54, 1.807) is 26.0 Å². The van der Waals surface area contributed by atoms with Crippen LogP contribution in [-0.4, -0.2) is 281 Å². The van der Waals surface area contributed by atoms with Gasteiger partial charge in [0.05, 0.1) is 31.5 Å². The second-order valence-corrected chi connectivity index (χ2v) is 35.7. The molecule has 7 fully saturated rings. The van der Waals surface area contributed by atoms with Crippen LogP contribution in [0.3, 0.4) is 0 Å². The van der Waals surface area contributed by atoms with Crippen LogP contribution in [0.4, 0.5) is 13.2 Å². The van der Waals surface area contributed by atoms with E-state index in [1.165, 1.54) is 90.7 Å². The summed E-state index contributed by atoms with van der Waals surface area (Å²) in [7, 11) is 11.5. The molecule has 25 nitrogen and oxygen atoms in total. The number of thioether (sulfide) groups is 1. The largest absolute Gasteiger partial charge is 0.391 e. The average molecular weight is 1540 g/mol. The minimum Gasteiger partial charge on any atom is -0.377 e. The van der Waals surface area contributed by atoms with Crippen LogP contribution in [0.15, 0.2) is 12.2 Å². The van der Waals surface area contributed by atoms with E-state index in [0.29, 0.717) is 54.4 Å². The number of nitrogens with zero attached hydrogens (tertiary/aromatic N) is 9. The van der Waals surface area contributed by atoms with E-state index >= 15 is 33.6 Å². The Labute approximate surface area is 643 Å². The van der Waals surface area contributed by atoms with Gasteiger partial charge in [0.2, 0.25) is 70.9 Å². The van der Waals surface area contributed by atoms with Crippen LogP contribution < -0.4 is 16.0 Å². The highest BCUT2D eigenvalue weighted by atomic mass is 32.2. The van der Waals surface area contributed by atoms with Crippen LogP contribution in [-0.2, 0) is 62.3 Å². The van der Waals surface area contributed by atoms with Crippen molar-refractivity contribution < 1.29 is 75.4 Å². The number of carbonyl (C=O) groups is 12. The van der Waals surface area contributed by atoms with Crippen molar-refractivity contribution in [1.29, 1.82) is 0 Å². The predicted octanol–water partition coefficient (Wildman–Crippen LogP) is 7.03. The third kappa shape index (κ3) is 20.4. The van der Waals surface area contributed by atoms with E-state index in [9.17, 15) is 37.1 Å². The van der Waals surface area contributed by atoms with Crippen LogP contribution in [0.1, 0.15) is 203 Å². The van der Waals surface area contributed by atoms with Gasteiger partial charge in [-0.25, -0.2) is 0 Å². The Balaban J connectivity index is 1.20. The highest BCUT2D eigenvalue weighted by Gasteiger charge is 2.60. The molecule has 8 rings (SSSR count). The Morgan fingerprint density at radius 2 is 1.33 bits per heavy atom. The summed E-state index contributed by atoms with van der Waals surface area (Å²) < 4.78 is 48.8. The number of hydrogen-bond donors (Lipinski definition) is 3. The Kier molecular flexibility index (Phi) is 30.0. The summed E-state index contributed by atoms with van der Waals surface area (Å²) in [6.45, 7) is 14.6. The number of likely N-dealkylation sites (N-methyl/N-ethyl adjacent to an activating group) is 7. The fourth-order valence-electron chi connectivity index (χ4n) is 18.9. The molecular formula is C79H127F3N12O13S. The molecule has 3 saturated heterocycles. The number of nitrogens with one attached hydrogen (secondary N) is 3. The first-order valence-corrected chi connectivity index (χ1v) is 41.0. The average Bonchev–Trinajstić information content (AvgIpc) is 0.881. The van der Waals surface area contributed by atoms with Gasteiger partial charge in [0.15, 0.2) is 0 Å². The zero-order chi connectivity index (χ0) is 79.8. The zero-order valence-corrected chi connectivity index (χ0v) is 68.0. The molecule has 29 heteroatoms. The van der Waals surface area contributed by atoms with Gasteiger partial charge >= 0.3 is 6.18 Å². The van der Waals surface area contributed by atoms with Gasteiger partial charge in [0.1, 0.15) is 53.9 Å². The van der Waals surface area contributed by atoms with Gasteiger partial charge in [0, 0.05) is 93.0 Å².